The van der Waals surface area contributed by atoms with Crippen molar-refractivity contribution in [1.82, 2.24) is 4.72 Å². The third-order valence-corrected chi connectivity index (χ3v) is 31.0. The van der Waals surface area contributed by atoms with E-state index in [1.54, 1.807) is 6.92 Å². The molecule has 0 aliphatic carbocycles. The molecule has 0 heterocycles. The molecule has 19 heteroatoms. The number of nitrogens with one attached hydrogen (secondary N) is 1. The van der Waals surface area contributed by atoms with Crippen molar-refractivity contribution in [3.63, 3.8) is 0 Å². The summed E-state index contributed by atoms with van der Waals surface area (Å²) in [5, 5.41) is 0.0469. The highest BCUT2D eigenvalue weighted by molar-refractivity contribution is 7.89. The predicted octanol–water partition coefficient (Wildman–Crippen LogP) is 9.33. The van der Waals surface area contributed by atoms with Crippen molar-refractivity contribution in [3.05, 3.63) is 0 Å². The molecule has 0 aromatic heterocycles. The molecule has 1 N–H and O–H groups in total. The molecule has 0 fully saturated rings. The fourth-order valence-corrected chi connectivity index (χ4v) is 7.73. The Labute approximate surface area is 359 Å². The van der Waals surface area contributed by atoms with Gasteiger partial charge in [-0.3, -0.25) is 9.15 Å². The SMILES string of the molecule is CC(COC(COO[Si](C)(C)C(C)(C)C)COO[Si](C)(C)C(C)(C)C)NS(=O)(=O)C(C)OOC(COCCO[Si](C)(C)C(C)(C)C)COCCO[Si](C)(C)C(C)(C)C. The van der Waals surface area contributed by atoms with Crippen LogP contribution in [0.5, 0.6) is 0 Å². The molecule has 14 nitrogen and oxygen atoms in total. The largest absolute Gasteiger partial charge is 0.414 e. The smallest absolute Gasteiger partial charge is 0.242 e. The Kier molecular flexibility index (Phi) is 24.0. The molecular weight excluding hydrogens is 835 g/mol. The van der Waals surface area contributed by atoms with Gasteiger partial charge in [0.2, 0.25) is 32.1 Å². The zero-order chi connectivity index (χ0) is 45.7. The lowest BCUT2D eigenvalue weighted by atomic mass is 10.2. The minimum atomic E-state index is -4.02. The van der Waals surface area contributed by atoms with Gasteiger partial charge >= 0.3 is 0 Å². The number of sulfonamides is 1. The lowest BCUT2D eigenvalue weighted by Crippen LogP contribution is -2.45. The van der Waals surface area contributed by atoms with Crippen LogP contribution in [0.2, 0.25) is 72.5 Å². The topological polar surface area (TPSA) is 148 Å². The third-order valence-electron chi connectivity index (χ3n) is 12.0. The molecular formula is C39H89NO13SSi4. The van der Waals surface area contributed by atoms with E-state index in [1.165, 1.54) is 6.92 Å². The van der Waals surface area contributed by atoms with Crippen LogP contribution in [-0.4, -0.2) is 125 Å². The van der Waals surface area contributed by atoms with Crippen LogP contribution in [0.1, 0.15) is 96.9 Å². The minimum absolute atomic E-state index is 0.0164. The lowest BCUT2D eigenvalue weighted by Gasteiger charge is -2.36. The van der Waals surface area contributed by atoms with Crippen LogP contribution in [-0.2, 0) is 61.8 Å². The highest BCUT2D eigenvalue weighted by Gasteiger charge is 2.41. The summed E-state index contributed by atoms with van der Waals surface area (Å²) in [5.41, 5.74) is -1.36. The van der Waals surface area contributed by atoms with Crippen LogP contribution in [0.3, 0.4) is 0 Å². The molecule has 350 valence electrons. The first-order valence-corrected chi connectivity index (χ1v) is 34.1. The second-order valence-electron chi connectivity index (χ2n) is 21.5. The molecule has 0 spiro atoms. The number of hydrogen-bond acceptors (Lipinski definition) is 13. The van der Waals surface area contributed by atoms with Crippen molar-refractivity contribution < 1.29 is 60.2 Å². The molecule has 0 aliphatic heterocycles. The lowest BCUT2D eigenvalue weighted by molar-refractivity contribution is -0.343. The monoisotopic (exact) mass is 924 g/mol. The average Bonchev–Trinajstić information content (AvgIpc) is 3.02. The quantitative estimate of drug-likeness (QED) is 0.0329. The standard InChI is InChI=1S/C39H89NO13SSi4/c1-32(27-45-34(30-46-52-57(19,20)38(9,10)11)31-47-53-58(21,22)39(12,13)14)40-54(41,42)33(2)50-51-35(28-43-23-25-48-55(15,16)36(3,4)5)29-44-24-26-49-56(17,18)37(6,7)8/h32-35,40H,23-31H2,1-22H3. The number of hydrogen-bond donors (Lipinski definition) is 1. The van der Waals surface area contributed by atoms with E-state index in [2.05, 4.69) is 140 Å². The van der Waals surface area contributed by atoms with E-state index < -0.39 is 67.0 Å². The van der Waals surface area contributed by atoms with E-state index in [-0.39, 0.29) is 53.2 Å². The van der Waals surface area contributed by atoms with Gasteiger partial charge < -0.3 is 23.1 Å². The van der Waals surface area contributed by atoms with Gasteiger partial charge in [-0.25, -0.2) is 32.7 Å². The fourth-order valence-electron chi connectivity index (χ4n) is 3.49. The Balaban J connectivity index is 5.47. The van der Waals surface area contributed by atoms with Crippen molar-refractivity contribution in [1.29, 1.82) is 0 Å². The summed E-state index contributed by atoms with van der Waals surface area (Å²) in [5.74, 6) is 0. The summed E-state index contributed by atoms with van der Waals surface area (Å²) in [6, 6.07) is -0.634. The third kappa shape index (κ3) is 21.6. The highest BCUT2D eigenvalue weighted by Crippen LogP contribution is 2.39. The first-order chi connectivity index (χ1) is 25.9. The van der Waals surface area contributed by atoms with Gasteiger partial charge in [-0.05, 0) is 86.4 Å². The fraction of sp³-hybridized carbons (Fsp3) is 1.00. The molecule has 0 saturated heterocycles. The Bertz CT molecular complexity index is 1190. The zero-order valence-electron chi connectivity index (χ0n) is 40.9. The van der Waals surface area contributed by atoms with Crippen LogP contribution in [0, 0.1) is 0 Å². The first-order valence-electron chi connectivity index (χ1n) is 20.9. The Morgan fingerprint density at radius 2 is 0.845 bits per heavy atom. The summed E-state index contributed by atoms with van der Waals surface area (Å²) < 4.78 is 71.5. The van der Waals surface area contributed by atoms with Crippen LogP contribution >= 0.6 is 0 Å². The molecule has 2 atom stereocenters. The van der Waals surface area contributed by atoms with Crippen molar-refractivity contribution in [2.24, 2.45) is 0 Å². The van der Waals surface area contributed by atoms with Crippen molar-refractivity contribution in [2.45, 2.75) is 193 Å². The van der Waals surface area contributed by atoms with Gasteiger partial charge in [0.1, 0.15) is 25.4 Å². The van der Waals surface area contributed by atoms with Crippen LogP contribution < -0.4 is 4.72 Å². The molecule has 58 heavy (non-hydrogen) atoms. The van der Waals surface area contributed by atoms with Gasteiger partial charge in [0.05, 0.1) is 46.2 Å². The van der Waals surface area contributed by atoms with Crippen molar-refractivity contribution in [2.75, 3.05) is 59.5 Å². The molecule has 0 aliphatic rings. The summed E-state index contributed by atoms with van der Waals surface area (Å²) in [6.45, 7) is 48.0. The van der Waals surface area contributed by atoms with Gasteiger partial charge in [0.25, 0.3) is 0 Å². The van der Waals surface area contributed by atoms with Crippen LogP contribution in [0.25, 0.3) is 0 Å². The second-order valence-corrected chi connectivity index (χ2v) is 42.5. The van der Waals surface area contributed by atoms with Gasteiger partial charge in [0.15, 0.2) is 16.6 Å². The number of ether oxygens (including phenoxy) is 3. The van der Waals surface area contributed by atoms with E-state index in [9.17, 15) is 8.42 Å². The number of rotatable bonds is 29. The predicted molar refractivity (Wildman–Crippen MR) is 243 cm³/mol. The Morgan fingerprint density at radius 3 is 1.19 bits per heavy atom. The molecule has 2 unspecified atom stereocenters. The maximum atomic E-state index is 13.4. The molecule has 0 rings (SSSR count). The normalized spacial score (nSPS) is 15.8. The maximum absolute atomic E-state index is 13.4. The first kappa shape index (κ1) is 58.3. The summed E-state index contributed by atoms with van der Waals surface area (Å²) in [4.78, 5) is 22.5. The second kappa shape index (κ2) is 23.9. The van der Waals surface area contributed by atoms with E-state index >= 15 is 0 Å². The molecule has 0 saturated carbocycles. The molecule has 0 radical (unpaired) electrons. The van der Waals surface area contributed by atoms with E-state index in [1.807, 2.05) is 0 Å². The average molecular weight is 925 g/mol. The van der Waals surface area contributed by atoms with E-state index in [0.29, 0.717) is 26.4 Å². The Morgan fingerprint density at radius 1 is 0.483 bits per heavy atom. The maximum Gasteiger partial charge on any atom is 0.242 e. The Hall–Kier alpha value is 0.338. The van der Waals surface area contributed by atoms with E-state index in [0.717, 1.165) is 0 Å². The van der Waals surface area contributed by atoms with Crippen LogP contribution in [0.15, 0.2) is 0 Å². The van der Waals surface area contributed by atoms with Crippen molar-refractivity contribution >= 4 is 43.3 Å². The minimum Gasteiger partial charge on any atom is -0.414 e. The molecule has 0 aromatic carbocycles. The molecule has 0 bridgehead atoms. The molecule has 0 aromatic rings. The molecule has 0 amide bonds. The summed E-state index contributed by atoms with van der Waals surface area (Å²) in [6.07, 6.45) is -1.30. The summed E-state index contributed by atoms with van der Waals surface area (Å²) >= 11 is 0. The van der Waals surface area contributed by atoms with Gasteiger partial charge in [0, 0.05) is 6.04 Å². The van der Waals surface area contributed by atoms with Crippen LogP contribution in [0.4, 0.5) is 0 Å². The zero-order valence-corrected chi connectivity index (χ0v) is 45.7. The van der Waals surface area contributed by atoms with Gasteiger partial charge in [-0.1, -0.05) is 83.1 Å². The van der Waals surface area contributed by atoms with Gasteiger partial charge in [-0.15, -0.1) is 0 Å². The van der Waals surface area contributed by atoms with Gasteiger partial charge in [-0.2, -0.15) is 0 Å². The summed E-state index contributed by atoms with van der Waals surface area (Å²) in [7, 11) is -12.3. The van der Waals surface area contributed by atoms with E-state index in [4.69, 9.17) is 51.8 Å². The highest BCUT2D eigenvalue weighted by atomic mass is 32.2. The van der Waals surface area contributed by atoms with Crippen molar-refractivity contribution in [3.8, 4) is 0 Å².